The summed E-state index contributed by atoms with van der Waals surface area (Å²) in [4.78, 5) is 12.6. The largest absolute Gasteiger partial charge is 0.383 e. The average molecular weight is 495 g/mol. The average Bonchev–Trinajstić information content (AvgIpc) is 3.34. The Labute approximate surface area is 181 Å². The Balaban J connectivity index is 0.00000261. The highest BCUT2D eigenvalue weighted by atomic mass is 127. The van der Waals surface area contributed by atoms with Gasteiger partial charge in [0.2, 0.25) is 0 Å². The van der Waals surface area contributed by atoms with E-state index in [0.29, 0.717) is 12.1 Å². The first-order chi connectivity index (χ1) is 12.8. The lowest BCUT2D eigenvalue weighted by Crippen LogP contribution is -2.47. The molecule has 8 heteroatoms. The highest BCUT2D eigenvalue weighted by Crippen LogP contribution is 2.19. The Hall–Kier alpha value is -0.160. The number of nitrogens with one attached hydrogen (secondary N) is 1. The molecule has 3 aliphatic heterocycles. The van der Waals surface area contributed by atoms with Gasteiger partial charge in [-0.3, -0.25) is 14.8 Å². The molecule has 0 aromatic rings. The van der Waals surface area contributed by atoms with E-state index in [-0.39, 0.29) is 24.0 Å². The Morgan fingerprint density at radius 3 is 2.74 bits per heavy atom. The van der Waals surface area contributed by atoms with Crippen molar-refractivity contribution in [2.75, 3.05) is 79.3 Å². The van der Waals surface area contributed by atoms with Gasteiger partial charge in [0, 0.05) is 58.5 Å². The number of methoxy groups -OCH3 is 1. The third kappa shape index (κ3) is 6.69. The summed E-state index contributed by atoms with van der Waals surface area (Å²) in [5, 5.41) is 3.52. The van der Waals surface area contributed by atoms with Crippen LogP contribution in [0.3, 0.4) is 0 Å². The van der Waals surface area contributed by atoms with Crippen LogP contribution in [0.2, 0.25) is 0 Å². The molecule has 7 nitrogen and oxygen atoms in total. The van der Waals surface area contributed by atoms with Crippen molar-refractivity contribution >= 4 is 29.9 Å². The summed E-state index contributed by atoms with van der Waals surface area (Å²) in [5.74, 6) is 1.10. The van der Waals surface area contributed by atoms with Crippen molar-refractivity contribution in [2.24, 2.45) is 4.99 Å². The zero-order valence-corrected chi connectivity index (χ0v) is 19.4. The molecule has 2 atom stereocenters. The number of hydrogen-bond acceptors (Lipinski definition) is 5. The minimum atomic E-state index is 0. The monoisotopic (exact) mass is 495 g/mol. The summed E-state index contributed by atoms with van der Waals surface area (Å²) in [7, 11) is 1.78. The minimum absolute atomic E-state index is 0. The maximum Gasteiger partial charge on any atom is 0.194 e. The molecule has 0 aliphatic carbocycles. The third-order valence-corrected chi connectivity index (χ3v) is 5.89. The Morgan fingerprint density at radius 2 is 2.00 bits per heavy atom. The molecular formula is C19H38IN5O2. The topological polar surface area (TPSA) is 52.6 Å². The minimum Gasteiger partial charge on any atom is -0.383 e. The standard InChI is InChI=1S/C19H37N5O2.HI/c1-3-20-19(21-15-17-5-4-7-22(17)9-12-25-2)24-8-6-18(16-24)23-10-13-26-14-11-23;/h17-18H,3-16H2,1-2H3,(H,20,21);1H. The smallest absolute Gasteiger partial charge is 0.194 e. The first-order valence-electron chi connectivity index (χ1n) is 10.4. The summed E-state index contributed by atoms with van der Waals surface area (Å²) in [5.41, 5.74) is 0. The van der Waals surface area contributed by atoms with E-state index in [0.717, 1.165) is 71.6 Å². The fourth-order valence-electron chi connectivity index (χ4n) is 4.40. The van der Waals surface area contributed by atoms with Crippen LogP contribution in [0, 0.1) is 0 Å². The van der Waals surface area contributed by atoms with Crippen LogP contribution in [-0.4, -0.2) is 112 Å². The number of rotatable bonds is 7. The van der Waals surface area contributed by atoms with Crippen LogP contribution in [0.25, 0.3) is 0 Å². The molecule has 2 unspecified atom stereocenters. The lowest BCUT2D eigenvalue weighted by Gasteiger charge is -2.32. The molecule has 3 aliphatic rings. The highest BCUT2D eigenvalue weighted by molar-refractivity contribution is 14.0. The van der Waals surface area contributed by atoms with Gasteiger partial charge in [0.15, 0.2) is 5.96 Å². The Morgan fingerprint density at radius 1 is 1.19 bits per heavy atom. The van der Waals surface area contributed by atoms with Crippen LogP contribution in [0.1, 0.15) is 26.2 Å². The zero-order valence-electron chi connectivity index (χ0n) is 17.1. The zero-order chi connectivity index (χ0) is 18.2. The van der Waals surface area contributed by atoms with Crippen molar-refractivity contribution in [3.05, 3.63) is 0 Å². The van der Waals surface area contributed by atoms with Gasteiger partial charge >= 0.3 is 0 Å². The second-order valence-corrected chi connectivity index (χ2v) is 7.56. The normalized spacial score (nSPS) is 27.8. The Bertz CT molecular complexity index is 448. The van der Waals surface area contributed by atoms with Gasteiger partial charge in [0.05, 0.1) is 26.4 Å². The van der Waals surface area contributed by atoms with E-state index < -0.39 is 0 Å². The van der Waals surface area contributed by atoms with Crippen molar-refractivity contribution in [1.29, 1.82) is 0 Å². The Kier molecular flexibility index (Phi) is 10.6. The van der Waals surface area contributed by atoms with Gasteiger partial charge in [0.1, 0.15) is 0 Å². The molecule has 3 fully saturated rings. The van der Waals surface area contributed by atoms with E-state index in [2.05, 4.69) is 26.9 Å². The first kappa shape index (κ1) is 23.1. The molecule has 27 heavy (non-hydrogen) atoms. The van der Waals surface area contributed by atoms with Gasteiger partial charge in [0.25, 0.3) is 0 Å². The van der Waals surface area contributed by atoms with E-state index in [1.807, 2.05) is 0 Å². The molecule has 0 radical (unpaired) electrons. The fraction of sp³-hybridized carbons (Fsp3) is 0.947. The molecule has 3 rings (SSSR count). The van der Waals surface area contributed by atoms with Crippen molar-refractivity contribution < 1.29 is 9.47 Å². The number of morpholine rings is 1. The van der Waals surface area contributed by atoms with E-state index >= 15 is 0 Å². The molecular weight excluding hydrogens is 457 g/mol. The summed E-state index contributed by atoms with van der Waals surface area (Å²) in [6.07, 6.45) is 3.76. The van der Waals surface area contributed by atoms with Crippen molar-refractivity contribution in [3.63, 3.8) is 0 Å². The highest BCUT2D eigenvalue weighted by Gasteiger charge is 2.30. The number of ether oxygens (including phenoxy) is 2. The molecule has 3 heterocycles. The summed E-state index contributed by atoms with van der Waals surface area (Å²) < 4.78 is 10.8. The van der Waals surface area contributed by atoms with Crippen LogP contribution >= 0.6 is 24.0 Å². The van der Waals surface area contributed by atoms with Gasteiger partial charge < -0.3 is 19.7 Å². The third-order valence-electron chi connectivity index (χ3n) is 5.89. The van der Waals surface area contributed by atoms with Gasteiger partial charge in [-0.1, -0.05) is 0 Å². The van der Waals surface area contributed by atoms with Crippen LogP contribution in [-0.2, 0) is 9.47 Å². The predicted octanol–water partition coefficient (Wildman–Crippen LogP) is 1.09. The number of likely N-dealkylation sites (tertiary alicyclic amines) is 2. The van der Waals surface area contributed by atoms with Gasteiger partial charge in [-0.25, -0.2) is 0 Å². The fourth-order valence-corrected chi connectivity index (χ4v) is 4.40. The molecule has 0 amide bonds. The second kappa shape index (κ2) is 12.4. The maximum absolute atomic E-state index is 5.50. The summed E-state index contributed by atoms with van der Waals surface area (Å²) in [6, 6.07) is 1.21. The molecule has 0 saturated carbocycles. The number of nitrogens with zero attached hydrogens (tertiary/aromatic N) is 4. The summed E-state index contributed by atoms with van der Waals surface area (Å²) >= 11 is 0. The van der Waals surface area contributed by atoms with E-state index in [1.165, 1.54) is 25.8 Å². The number of hydrogen-bond donors (Lipinski definition) is 1. The van der Waals surface area contributed by atoms with Crippen molar-refractivity contribution in [2.45, 2.75) is 38.3 Å². The predicted molar refractivity (Wildman–Crippen MR) is 120 cm³/mol. The van der Waals surface area contributed by atoms with E-state index in [1.54, 1.807) is 7.11 Å². The van der Waals surface area contributed by atoms with Crippen LogP contribution in [0.15, 0.2) is 4.99 Å². The number of guanidine groups is 1. The molecule has 0 aromatic carbocycles. The molecule has 0 spiro atoms. The van der Waals surface area contributed by atoms with Crippen molar-refractivity contribution in [1.82, 2.24) is 20.0 Å². The molecule has 158 valence electrons. The van der Waals surface area contributed by atoms with Crippen molar-refractivity contribution in [3.8, 4) is 0 Å². The molecule has 0 bridgehead atoms. The SMILES string of the molecule is CCNC(=NCC1CCCN1CCOC)N1CCC(N2CCOCC2)C1.I. The lowest BCUT2D eigenvalue weighted by molar-refractivity contribution is 0.0195. The van der Waals surface area contributed by atoms with Gasteiger partial charge in [-0.2, -0.15) is 0 Å². The number of halogens is 1. The quantitative estimate of drug-likeness (QED) is 0.324. The van der Waals surface area contributed by atoms with Crippen LogP contribution < -0.4 is 5.32 Å². The maximum atomic E-state index is 5.50. The molecule has 0 aromatic heterocycles. The van der Waals surface area contributed by atoms with Gasteiger partial charge in [-0.05, 0) is 32.7 Å². The lowest BCUT2D eigenvalue weighted by atomic mass is 10.2. The second-order valence-electron chi connectivity index (χ2n) is 7.56. The summed E-state index contributed by atoms with van der Waals surface area (Å²) in [6.45, 7) is 13.1. The van der Waals surface area contributed by atoms with E-state index in [9.17, 15) is 0 Å². The van der Waals surface area contributed by atoms with Crippen LogP contribution in [0.5, 0.6) is 0 Å². The molecule has 3 saturated heterocycles. The van der Waals surface area contributed by atoms with Gasteiger partial charge in [-0.15, -0.1) is 24.0 Å². The molecule has 1 N–H and O–H groups in total. The van der Waals surface area contributed by atoms with Crippen LogP contribution in [0.4, 0.5) is 0 Å². The van der Waals surface area contributed by atoms with E-state index in [4.69, 9.17) is 14.5 Å². The number of aliphatic imine (C=N–C) groups is 1. The first-order valence-corrected chi connectivity index (χ1v) is 10.4.